The molecule has 0 radical (unpaired) electrons. The van der Waals surface area contributed by atoms with Crippen molar-refractivity contribution in [2.75, 3.05) is 33.8 Å². The average Bonchev–Trinajstić information content (AvgIpc) is 3.00. The Kier molecular flexibility index (Phi) is 5.33. The van der Waals surface area contributed by atoms with Crippen molar-refractivity contribution >= 4 is 11.8 Å². The first-order valence-electron chi connectivity index (χ1n) is 7.24. The fourth-order valence-corrected chi connectivity index (χ4v) is 2.39. The summed E-state index contributed by atoms with van der Waals surface area (Å²) in [6, 6.07) is 8.98. The van der Waals surface area contributed by atoms with Crippen molar-refractivity contribution < 1.29 is 14.3 Å². The van der Waals surface area contributed by atoms with Crippen LogP contribution in [0.2, 0.25) is 0 Å². The van der Waals surface area contributed by atoms with Crippen LogP contribution in [0.1, 0.15) is 23.2 Å². The SMILES string of the molecule is CN(CC1CCCO1)C(=O)CN(C)C(=O)c1ccccc1. The summed E-state index contributed by atoms with van der Waals surface area (Å²) in [5.41, 5.74) is 0.592. The Labute approximate surface area is 125 Å². The Morgan fingerprint density at radius 1 is 1.19 bits per heavy atom. The van der Waals surface area contributed by atoms with Crippen LogP contribution in [0.15, 0.2) is 30.3 Å². The van der Waals surface area contributed by atoms with Crippen LogP contribution < -0.4 is 0 Å². The topological polar surface area (TPSA) is 49.9 Å². The highest BCUT2D eigenvalue weighted by atomic mass is 16.5. The Bertz CT molecular complexity index is 484. The highest BCUT2D eigenvalue weighted by molar-refractivity contribution is 5.96. The third-order valence-electron chi connectivity index (χ3n) is 3.67. The molecule has 0 spiro atoms. The molecule has 1 atom stereocenters. The maximum Gasteiger partial charge on any atom is 0.254 e. The molecule has 21 heavy (non-hydrogen) atoms. The van der Waals surface area contributed by atoms with E-state index < -0.39 is 0 Å². The Morgan fingerprint density at radius 2 is 1.90 bits per heavy atom. The van der Waals surface area contributed by atoms with Crippen LogP contribution in [-0.4, -0.2) is 61.5 Å². The first-order valence-corrected chi connectivity index (χ1v) is 7.24. The van der Waals surface area contributed by atoms with Crippen LogP contribution in [0.4, 0.5) is 0 Å². The number of carbonyl (C=O) groups excluding carboxylic acids is 2. The van der Waals surface area contributed by atoms with Crippen molar-refractivity contribution in [3.05, 3.63) is 35.9 Å². The normalized spacial score (nSPS) is 17.5. The number of nitrogens with zero attached hydrogens (tertiary/aromatic N) is 2. The molecule has 1 saturated heterocycles. The highest BCUT2D eigenvalue weighted by Crippen LogP contribution is 2.13. The van der Waals surface area contributed by atoms with E-state index in [0.29, 0.717) is 12.1 Å². The lowest BCUT2D eigenvalue weighted by molar-refractivity contribution is -0.131. The second-order valence-corrected chi connectivity index (χ2v) is 5.44. The molecule has 5 heteroatoms. The van der Waals surface area contributed by atoms with E-state index in [2.05, 4.69) is 0 Å². The fourth-order valence-electron chi connectivity index (χ4n) is 2.39. The first kappa shape index (κ1) is 15.5. The molecule has 1 unspecified atom stereocenters. The van der Waals surface area contributed by atoms with E-state index in [-0.39, 0.29) is 24.5 Å². The lowest BCUT2D eigenvalue weighted by atomic mass is 10.2. The van der Waals surface area contributed by atoms with Gasteiger partial charge in [-0.3, -0.25) is 9.59 Å². The molecular weight excluding hydrogens is 268 g/mol. The Hall–Kier alpha value is -1.88. The van der Waals surface area contributed by atoms with Crippen LogP contribution in [0.5, 0.6) is 0 Å². The molecule has 1 aromatic carbocycles. The molecule has 2 rings (SSSR count). The summed E-state index contributed by atoms with van der Waals surface area (Å²) in [4.78, 5) is 27.4. The predicted octanol–water partition coefficient (Wildman–Crippen LogP) is 1.40. The number of amides is 2. The highest BCUT2D eigenvalue weighted by Gasteiger charge is 2.22. The molecule has 2 amide bonds. The van der Waals surface area contributed by atoms with Crippen LogP contribution in [-0.2, 0) is 9.53 Å². The van der Waals surface area contributed by atoms with Crippen LogP contribution in [0.3, 0.4) is 0 Å². The van der Waals surface area contributed by atoms with Gasteiger partial charge < -0.3 is 14.5 Å². The number of ether oxygens (including phenoxy) is 1. The molecule has 1 heterocycles. The standard InChI is InChI=1S/C16H22N2O3/c1-17(11-14-9-6-10-21-14)15(19)12-18(2)16(20)13-7-4-3-5-8-13/h3-5,7-8,14H,6,9-12H2,1-2H3. The van der Waals surface area contributed by atoms with Crippen LogP contribution in [0, 0.1) is 0 Å². The smallest absolute Gasteiger partial charge is 0.254 e. The number of hydrogen-bond acceptors (Lipinski definition) is 3. The zero-order valence-electron chi connectivity index (χ0n) is 12.6. The lowest BCUT2D eigenvalue weighted by Gasteiger charge is -2.24. The van der Waals surface area contributed by atoms with E-state index in [1.807, 2.05) is 18.2 Å². The second kappa shape index (κ2) is 7.22. The van der Waals surface area contributed by atoms with Crippen LogP contribution in [0.25, 0.3) is 0 Å². The molecule has 1 aliphatic heterocycles. The monoisotopic (exact) mass is 290 g/mol. The van der Waals surface area contributed by atoms with Crippen molar-refractivity contribution in [1.82, 2.24) is 9.80 Å². The van der Waals surface area contributed by atoms with Gasteiger partial charge in [0, 0.05) is 32.8 Å². The minimum atomic E-state index is -0.144. The van der Waals surface area contributed by atoms with Gasteiger partial charge in [0.15, 0.2) is 0 Å². The number of carbonyl (C=O) groups is 2. The Morgan fingerprint density at radius 3 is 2.52 bits per heavy atom. The Balaban J connectivity index is 1.84. The summed E-state index contributed by atoms with van der Waals surface area (Å²) < 4.78 is 5.52. The molecule has 5 nitrogen and oxygen atoms in total. The predicted molar refractivity (Wildman–Crippen MR) is 80.0 cm³/mol. The molecular formula is C16H22N2O3. The molecule has 0 aliphatic carbocycles. The van der Waals surface area contributed by atoms with E-state index in [1.165, 1.54) is 4.90 Å². The zero-order chi connectivity index (χ0) is 15.2. The minimum Gasteiger partial charge on any atom is -0.376 e. The van der Waals surface area contributed by atoms with E-state index >= 15 is 0 Å². The van der Waals surface area contributed by atoms with Gasteiger partial charge in [-0.2, -0.15) is 0 Å². The molecule has 114 valence electrons. The fraction of sp³-hybridized carbons (Fsp3) is 0.500. The molecule has 1 fully saturated rings. The van der Waals surface area contributed by atoms with Crippen molar-refractivity contribution in [2.45, 2.75) is 18.9 Å². The summed E-state index contributed by atoms with van der Waals surface area (Å²) in [6.07, 6.45) is 2.18. The molecule has 0 N–H and O–H groups in total. The zero-order valence-corrected chi connectivity index (χ0v) is 12.6. The maximum atomic E-state index is 12.2. The molecule has 0 aromatic heterocycles. The quantitative estimate of drug-likeness (QED) is 0.823. The van der Waals surface area contributed by atoms with Gasteiger partial charge in [-0.25, -0.2) is 0 Å². The minimum absolute atomic E-state index is 0.0720. The summed E-state index contributed by atoms with van der Waals surface area (Å²) in [5, 5.41) is 0. The van der Waals surface area contributed by atoms with Crippen molar-refractivity contribution in [3.63, 3.8) is 0 Å². The van der Waals surface area contributed by atoms with Gasteiger partial charge in [0.05, 0.1) is 12.6 Å². The van der Waals surface area contributed by atoms with Gasteiger partial charge in [0.1, 0.15) is 0 Å². The largest absolute Gasteiger partial charge is 0.376 e. The number of hydrogen-bond donors (Lipinski definition) is 0. The number of rotatable bonds is 5. The van der Waals surface area contributed by atoms with Crippen molar-refractivity contribution in [3.8, 4) is 0 Å². The third-order valence-corrected chi connectivity index (χ3v) is 3.67. The molecule has 1 aliphatic rings. The summed E-state index contributed by atoms with van der Waals surface area (Å²) in [6.45, 7) is 1.45. The summed E-state index contributed by atoms with van der Waals surface area (Å²) in [7, 11) is 3.40. The lowest BCUT2D eigenvalue weighted by Crippen LogP contribution is -2.42. The first-order chi connectivity index (χ1) is 10.1. The van der Waals surface area contributed by atoms with Gasteiger partial charge in [-0.05, 0) is 25.0 Å². The van der Waals surface area contributed by atoms with Gasteiger partial charge in [-0.1, -0.05) is 18.2 Å². The number of likely N-dealkylation sites (N-methyl/N-ethyl adjacent to an activating group) is 2. The van der Waals surface area contributed by atoms with Crippen LogP contribution >= 0.6 is 0 Å². The number of benzene rings is 1. The molecule has 0 bridgehead atoms. The van der Waals surface area contributed by atoms with Gasteiger partial charge in [0.2, 0.25) is 5.91 Å². The van der Waals surface area contributed by atoms with Gasteiger partial charge >= 0.3 is 0 Å². The summed E-state index contributed by atoms with van der Waals surface area (Å²) >= 11 is 0. The summed E-state index contributed by atoms with van der Waals surface area (Å²) in [5.74, 6) is -0.216. The van der Waals surface area contributed by atoms with E-state index in [1.54, 1.807) is 31.1 Å². The third kappa shape index (κ3) is 4.29. The second-order valence-electron chi connectivity index (χ2n) is 5.44. The van der Waals surface area contributed by atoms with E-state index in [4.69, 9.17) is 4.74 Å². The molecule has 1 aromatic rings. The van der Waals surface area contributed by atoms with Gasteiger partial charge in [-0.15, -0.1) is 0 Å². The van der Waals surface area contributed by atoms with E-state index in [9.17, 15) is 9.59 Å². The molecule has 0 saturated carbocycles. The average molecular weight is 290 g/mol. The van der Waals surface area contributed by atoms with Gasteiger partial charge in [0.25, 0.3) is 5.91 Å². The maximum absolute atomic E-state index is 12.2. The van der Waals surface area contributed by atoms with Crippen molar-refractivity contribution in [2.24, 2.45) is 0 Å². The van der Waals surface area contributed by atoms with Crippen molar-refractivity contribution in [1.29, 1.82) is 0 Å². The van der Waals surface area contributed by atoms with E-state index in [0.717, 1.165) is 19.4 Å².